The van der Waals surface area contributed by atoms with Gasteiger partial charge in [0.25, 0.3) is 5.91 Å². The Labute approximate surface area is 76.4 Å². The highest BCUT2D eigenvalue weighted by molar-refractivity contribution is 8.03. The third-order valence-electron chi connectivity index (χ3n) is 2.26. The van der Waals surface area contributed by atoms with Crippen LogP contribution in [0.3, 0.4) is 0 Å². The van der Waals surface area contributed by atoms with Gasteiger partial charge in [0.2, 0.25) is 0 Å². The lowest BCUT2D eigenvalue weighted by atomic mass is 10.4. The molecule has 0 bridgehead atoms. The molecular weight excluding hydrogens is 172 g/mol. The monoisotopic (exact) mass is 184 g/mol. The van der Waals surface area contributed by atoms with Crippen molar-refractivity contribution in [3.05, 3.63) is 11.6 Å². The zero-order valence-electron chi connectivity index (χ0n) is 7.06. The van der Waals surface area contributed by atoms with Gasteiger partial charge in [-0.3, -0.25) is 4.79 Å². The summed E-state index contributed by atoms with van der Waals surface area (Å²) in [5, 5.41) is 2.03. The zero-order valence-corrected chi connectivity index (χ0v) is 7.88. The van der Waals surface area contributed by atoms with Gasteiger partial charge in [-0.05, 0) is 11.8 Å². The number of amides is 1. The van der Waals surface area contributed by atoms with Gasteiger partial charge < -0.3 is 9.80 Å². The van der Waals surface area contributed by atoms with Crippen LogP contribution < -0.4 is 0 Å². The van der Waals surface area contributed by atoms with E-state index in [1.165, 1.54) is 0 Å². The molecular formula is C8H12N2OS. The Balaban J connectivity index is 2.16. The van der Waals surface area contributed by atoms with Crippen molar-refractivity contribution in [1.29, 1.82) is 0 Å². The molecule has 1 fully saturated rings. The molecule has 1 saturated heterocycles. The maximum absolute atomic E-state index is 11.7. The molecule has 0 aromatic rings. The van der Waals surface area contributed by atoms with Crippen molar-refractivity contribution in [3.8, 4) is 0 Å². The van der Waals surface area contributed by atoms with Gasteiger partial charge in [-0.15, -0.1) is 0 Å². The van der Waals surface area contributed by atoms with E-state index >= 15 is 0 Å². The number of hydrogen-bond acceptors (Lipinski definition) is 3. The van der Waals surface area contributed by atoms with Crippen LogP contribution >= 0.6 is 11.8 Å². The molecule has 3 nitrogen and oxygen atoms in total. The van der Waals surface area contributed by atoms with E-state index in [1.54, 1.807) is 11.8 Å². The number of thioether (sulfide) groups is 1. The Bertz CT molecular complexity index is 229. The minimum absolute atomic E-state index is 0.0255. The Hall–Kier alpha value is -0.640. The largest absolute Gasteiger partial charge is 0.357 e. The quantitative estimate of drug-likeness (QED) is 0.553. The molecule has 12 heavy (non-hydrogen) atoms. The number of nitrogens with zero attached hydrogens (tertiary/aromatic N) is 2. The third kappa shape index (κ3) is 1.20. The Morgan fingerprint density at radius 2 is 2.42 bits per heavy atom. The molecule has 2 aliphatic heterocycles. The predicted octanol–water partition coefficient (Wildman–Crippen LogP) is 0.695. The molecule has 2 rings (SSSR count). The van der Waals surface area contributed by atoms with Gasteiger partial charge >= 0.3 is 0 Å². The van der Waals surface area contributed by atoms with E-state index in [-0.39, 0.29) is 11.3 Å². The van der Waals surface area contributed by atoms with Crippen LogP contribution in [0, 0.1) is 0 Å². The van der Waals surface area contributed by atoms with Crippen molar-refractivity contribution in [3.63, 3.8) is 0 Å². The fourth-order valence-electron chi connectivity index (χ4n) is 1.53. The molecule has 0 radical (unpaired) electrons. The maximum Gasteiger partial charge on any atom is 0.255 e. The van der Waals surface area contributed by atoms with Crippen LogP contribution in [0.2, 0.25) is 0 Å². The standard InChI is InChI=1S/C8H12N2OS/c1-9-3-2-4-10-5-6-12-8(10)7(9)11/h5-6,8H,2-4H2,1H3. The van der Waals surface area contributed by atoms with Crippen LogP contribution in [0.4, 0.5) is 0 Å². The van der Waals surface area contributed by atoms with Gasteiger partial charge in [0, 0.05) is 26.3 Å². The van der Waals surface area contributed by atoms with Crippen molar-refractivity contribution in [2.45, 2.75) is 11.8 Å². The van der Waals surface area contributed by atoms with Crippen LogP contribution in [0.15, 0.2) is 11.6 Å². The molecule has 2 aliphatic rings. The minimum atomic E-state index is 0.0255. The van der Waals surface area contributed by atoms with Crippen LogP contribution in [0.5, 0.6) is 0 Å². The highest BCUT2D eigenvalue weighted by Gasteiger charge is 2.31. The molecule has 1 atom stereocenters. The van der Waals surface area contributed by atoms with Crippen LogP contribution in [0.25, 0.3) is 0 Å². The zero-order chi connectivity index (χ0) is 8.55. The van der Waals surface area contributed by atoms with Crippen LogP contribution in [0.1, 0.15) is 6.42 Å². The summed E-state index contributed by atoms with van der Waals surface area (Å²) in [4.78, 5) is 15.6. The molecule has 0 saturated carbocycles. The van der Waals surface area contributed by atoms with Gasteiger partial charge in [-0.2, -0.15) is 0 Å². The van der Waals surface area contributed by atoms with Gasteiger partial charge in [-0.1, -0.05) is 11.8 Å². The number of likely N-dealkylation sites (N-methyl/N-ethyl adjacent to an activating group) is 1. The first kappa shape index (κ1) is 7.98. The predicted molar refractivity (Wildman–Crippen MR) is 49.5 cm³/mol. The fourth-order valence-corrected chi connectivity index (χ4v) is 2.53. The minimum Gasteiger partial charge on any atom is -0.357 e. The molecule has 0 aromatic heterocycles. The molecule has 0 aromatic carbocycles. The summed E-state index contributed by atoms with van der Waals surface area (Å²) in [6.07, 6.45) is 3.09. The Morgan fingerprint density at radius 3 is 3.25 bits per heavy atom. The van der Waals surface area contributed by atoms with E-state index in [2.05, 4.69) is 4.90 Å². The van der Waals surface area contributed by atoms with E-state index in [0.29, 0.717) is 0 Å². The van der Waals surface area contributed by atoms with E-state index in [0.717, 1.165) is 19.5 Å². The maximum atomic E-state index is 11.7. The first-order valence-corrected chi connectivity index (χ1v) is 5.06. The first-order chi connectivity index (χ1) is 5.79. The third-order valence-corrected chi connectivity index (χ3v) is 3.27. The summed E-state index contributed by atoms with van der Waals surface area (Å²) < 4.78 is 0. The number of rotatable bonds is 0. The Kier molecular flexibility index (Phi) is 2.00. The number of carbonyl (C=O) groups excluding carboxylic acids is 1. The Morgan fingerprint density at radius 1 is 1.58 bits per heavy atom. The average molecular weight is 184 g/mol. The van der Waals surface area contributed by atoms with E-state index < -0.39 is 0 Å². The van der Waals surface area contributed by atoms with Crippen molar-refractivity contribution in [2.24, 2.45) is 0 Å². The van der Waals surface area contributed by atoms with Crippen molar-refractivity contribution in [2.75, 3.05) is 20.1 Å². The highest BCUT2D eigenvalue weighted by Crippen LogP contribution is 2.28. The number of fused-ring (bicyclic) bond motifs is 1. The second-order valence-corrected chi connectivity index (χ2v) is 4.12. The van der Waals surface area contributed by atoms with Crippen molar-refractivity contribution in [1.82, 2.24) is 9.80 Å². The first-order valence-electron chi connectivity index (χ1n) is 4.12. The SMILES string of the molecule is CN1CCCN2C=CSC2C1=O. The number of carbonyl (C=O) groups is 1. The second-order valence-electron chi connectivity index (χ2n) is 3.12. The molecule has 4 heteroatoms. The fraction of sp³-hybridized carbons (Fsp3) is 0.625. The summed E-state index contributed by atoms with van der Waals surface area (Å²) in [5.41, 5.74) is 0. The van der Waals surface area contributed by atoms with E-state index in [4.69, 9.17) is 0 Å². The van der Waals surface area contributed by atoms with Gasteiger partial charge in [-0.25, -0.2) is 0 Å². The summed E-state index contributed by atoms with van der Waals surface area (Å²) >= 11 is 1.61. The average Bonchev–Trinajstić information content (AvgIpc) is 2.46. The van der Waals surface area contributed by atoms with E-state index in [1.807, 2.05) is 23.6 Å². The smallest absolute Gasteiger partial charge is 0.255 e. The lowest BCUT2D eigenvalue weighted by Crippen LogP contribution is -2.38. The molecule has 0 aliphatic carbocycles. The lowest BCUT2D eigenvalue weighted by Gasteiger charge is -2.21. The van der Waals surface area contributed by atoms with Gasteiger partial charge in [0.1, 0.15) is 0 Å². The van der Waals surface area contributed by atoms with E-state index in [9.17, 15) is 4.79 Å². The van der Waals surface area contributed by atoms with Gasteiger partial charge in [0.15, 0.2) is 5.37 Å². The molecule has 1 unspecified atom stereocenters. The molecule has 1 amide bonds. The topological polar surface area (TPSA) is 23.6 Å². The lowest BCUT2D eigenvalue weighted by molar-refractivity contribution is -0.130. The molecule has 2 heterocycles. The van der Waals surface area contributed by atoms with Crippen molar-refractivity contribution >= 4 is 17.7 Å². The summed E-state index contributed by atoms with van der Waals surface area (Å²) in [6.45, 7) is 1.89. The number of hydrogen-bond donors (Lipinski definition) is 0. The summed E-state index contributed by atoms with van der Waals surface area (Å²) in [7, 11) is 1.88. The van der Waals surface area contributed by atoms with Crippen LogP contribution in [-0.4, -0.2) is 41.2 Å². The highest BCUT2D eigenvalue weighted by atomic mass is 32.2. The van der Waals surface area contributed by atoms with Gasteiger partial charge in [0.05, 0.1) is 0 Å². The molecule has 66 valence electrons. The molecule has 0 spiro atoms. The van der Waals surface area contributed by atoms with Crippen LogP contribution in [-0.2, 0) is 4.79 Å². The van der Waals surface area contributed by atoms with Crippen molar-refractivity contribution < 1.29 is 4.79 Å². The summed E-state index contributed by atoms with van der Waals surface area (Å²) in [6, 6.07) is 0. The summed E-state index contributed by atoms with van der Waals surface area (Å²) in [5.74, 6) is 0.238. The normalized spacial score (nSPS) is 29.1. The second kappa shape index (κ2) is 3.01. The molecule has 0 N–H and O–H groups in total.